The minimum absolute atomic E-state index is 0.284. The highest BCUT2D eigenvalue weighted by Gasteiger charge is 2.21. The summed E-state index contributed by atoms with van der Waals surface area (Å²) in [6, 6.07) is 5.99. The zero-order valence-electron chi connectivity index (χ0n) is 7.13. The van der Waals surface area contributed by atoms with Crippen LogP contribution < -0.4 is 0 Å². The molecule has 2 heteroatoms. The SMILES string of the molecule is O=C1CCc2c1ccc1cc[nH]c21. The summed E-state index contributed by atoms with van der Waals surface area (Å²) in [5, 5.41) is 1.20. The van der Waals surface area contributed by atoms with Crippen LogP contribution in [-0.4, -0.2) is 10.8 Å². The normalized spacial score (nSPS) is 15.2. The molecule has 0 spiro atoms. The first-order valence-corrected chi connectivity index (χ1v) is 4.48. The lowest BCUT2D eigenvalue weighted by atomic mass is 10.1. The second-order valence-electron chi connectivity index (χ2n) is 3.46. The summed E-state index contributed by atoms with van der Waals surface area (Å²) in [6.45, 7) is 0. The van der Waals surface area contributed by atoms with Gasteiger partial charge in [0.2, 0.25) is 0 Å². The number of aromatic nitrogens is 1. The molecule has 3 rings (SSSR count). The Morgan fingerprint density at radius 2 is 2.08 bits per heavy atom. The quantitative estimate of drug-likeness (QED) is 0.648. The number of hydrogen-bond donors (Lipinski definition) is 1. The maximum Gasteiger partial charge on any atom is 0.163 e. The number of fused-ring (bicyclic) bond motifs is 3. The van der Waals surface area contributed by atoms with Crippen molar-refractivity contribution >= 4 is 16.7 Å². The van der Waals surface area contributed by atoms with Gasteiger partial charge in [-0.05, 0) is 23.4 Å². The predicted molar refractivity (Wildman–Crippen MR) is 51.0 cm³/mol. The highest BCUT2D eigenvalue weighted by atomic mass is 16.1. The minimum atomic E-state index is 0.284. The van der Waals surface area contributed by atoms with Crippen LogP contribution in [0.1, 0.15) is 22.3 Å². The van der Waals surface area contributed by atoms with Crippen LogP contribution in [0.5, 0.6) is 0 Å². The Kier molecular flexibility index (Phi) is 1.18. The highest BCUT2D eigenvalue weighted by molar-refractivity contribution is 6.05. The van der Waals surface area contributed by atoms with Gasteiger partial charge in [-0.3, -0.25) is 4.79 Å². The maximum atomic E-state index is 11.4. The fraction of sp³-hybridized carbons (Fsp3) is 0.182. The molecular weight excluding hydrogens is 162 g/mol. The molecule has 1 aromatic carbocycles. The van der Waals surface area contributed by atoms with Crippen LogP contribution >= 0.6 is 0 Å². The average Bonchev–Trinajstić information content (AvgIpc) is 2.70. The lowest BCUT2D eigenvalue weighted by Gasteiger charge is -1.98. The van der Waals surface area contributed by atoms with Crippen LogP contribution in [0.15, 0.2) is 24.4 Å². The zero-order valence-corrected chi connectivity index (χ0v) is 7.13. The molecule has 64 valence electrons. The number of hydrogen-bond acceptors (Lipinski definition) is 1. The van der Waals surface area contributed by atoms with E-state index in [1.165, 1.54) is 10.9 Å². The largest absolute Gasteiger partial charge is 0.361 e. The highest BCUT2D eigenvalue weighted by Crippen LogP contribution is 2.28. The van der Waals surface area contributed by atoms with Crippen LogP contribution in [0, 0.1) is 0 Å². The predicted octanol–water partition coefficient (Wildman–Crippen LogP) is 2.30. The fourth-order valence-electron chi connectivity index (χ4n) is 2.08. The van der Waals surface area contributed by atoms with Crippen molar-refractivity contribution in [3.8, 4) is 0 Å². The van der Waals surface area contributed by atoms with E-state index in [2.05, 4.69) is 4.98 Å². The van der Waals surface area contributed by atoms with Gasteiger partial charge in [0.15, 0.2) is 5.78 Å². The molecule has 0 saturated heterocycles. The van der Waals surface area contributed by atoms with Crippen LogP contribution in [0.25, 0.3) is 10.9 Å². The van der Waals surface area contributed by atoms with E-state index in [9.17, 15) is 4.79 Å². The standard InChI is InChI=1S/C11H9NO/c13-10-4-3-9-8(10)2-1-7-5-6-12-11(7)9/h1-2,5-6,12H,3-4H2. The van der Waals surface area contributed by atoms with E-state index in [0.29, 0.717) is 6.42 Å². The Balaban J connectivity index is 2.45. The number of nitrogens with one attached hydrogen (secondary N) is 1. The summed E-state index contributed by atoms with van der Waals surface area (Å²) in [6.07, 6.45) is 3.49. The molecule has 13 heavy (non-hydrogen) atoms. The van der Waals surface area contributed by atoms with E-state index in [1.54, 1.807) is 0 Å². The molecule has 0 amide bonds. The summed E-state index contributed by atoms with van der Waals surface area (Å²) in [4.78, 5) is 14.6. The van der Waals surface area contributed by atoms with Gasteiger partial charge >= 0.3 is 0 Å². The monoisotopic (exact) mass is 171 g/mol. The Morgan fingerprint density at radius 3 is 3.00 bits per heavy atom. The van der Waals surface area contributed by atoms with Gasteiger partial charge in [0, 0.05) is 23.7 Å². The lowest BCUT2D eigenvalue weighted by molar-refractivity contribution is 0.0994. The Hall–Kier alpha value is -1.57. The number of aromatic amines is 1. The van der Waals surface area contributed by atoms with Gasteiger partial charge < -0.3 is 4.98 Å². The number of carbonyl (C=O) groups is 1. The van der Waals surface area contributed by atoms with Crippen LogP contribution in [-0.2, 0) is 6.42 Å². The van der Waals surface area contributed by atoms with E-state index in [-0.39, 0.29) is 5.78 Å². The molecule has 1 heterocycles. The molecule has 0 aliphatic heterocycles. The molecule has 1 N–H and O–H groups in total. The zero-order chi connectivity index (χ0) is 8.84. The minimum Gasteiger partial charge on any atom is -0.361 e. The summed E-state index contributed by atoms with van der Waals surface area (Å²) < 4.78 is 0. The molecule has 1 aliphatic carbocycles. The molecule has 0 radical (unpaired) electrons. The van der Waals surface area contributed by atoms with Crippen LogP contribution in [0.3, 0.4) is 0 Å². The molecule has 0 unspecified atom stereocenters. The van der Waals surface area contributed by atoms with Crippen LogP contribution in [0.4, 0.5) is 0 Å². The Bertz CT molecular complexity index is 496. The van der Waals surface area contributed by atoms with Gasteiger partial charge in [-0.1, -0.05) is 12.1 Å². The third-order valence-corrected chi connectivity index (χ3v) is 2.74. The first-order chi connectivity index (χ1) is 6.36. The van der Waals surface area contributed by atoms with Gasteiger partial charge in [-0.2, -0.15) is 0 Å². The molecule has 0 fully saturated rings. The third kappa shape index (κ3) is 0.800. The third-order valence-electron chi connectivity index (χ3n) is 2.74. The number of rotatable bonds is 0. The summed E-state index contributed by atoms with van der Waals surface area (Å²) in [5.74, 6) is 0.284. The van der Waals surface area contributed by atoms with E-state index < -0.39 is 0 Å². The van der Waals surface area contributed by atoms with E-state index in [4.69, 9.17) is 0 Å². The van der Waals surface area contributed by atoms with E-state index in [0.717, 1.165) is 17.5 Å². The Morgan fingerprint density at radius 1 is 1.15 bits per heavy atom. The summed E-state index contributed by atoms with van der Waals surface area (Å²) in [5.41, 5.74) is 3.26. The molecule has 1 aromatic heterocycles. The summed E-state index contributed by atoms with van der Waals surface area (Å²) >= 11 is 0. The second-order valence-corrected chi connectivity index (χ2v) is 3.46. The topological polar surface area (TPSA) is 32.9 Å². The summed E-state index contributed by atoms with van der Waals surface area (Å²) in [7, 11) is 0. The van der Waals surface area contributed by atoms with Crippen LogP contribution in [0.2, 0.25) is 0 Å². The fourth-order valence-corrected chi connectivity index (χ4v) is 2.08. The average molecular weight is 171 g/mol. The number of Topliss-reactive ketones (excluding diaryl/α,β-unsaturated/α-hetero) is 1. The molecule has 2 nitrogen and oxygen atoms in total. The molecule has 0 atom stereocenters. The van der Waals surface area contributed by atoms with Gasteiger partial charge in [0.05, 0.1) is 0 Å². The number of aryl methyl sites for hydroxylation is 1. The molecule has 2 aromatic rings. The number of benzene rings is 1. The van der Waals surface area contributed by atoms with Crippen molar-refractivity contribution in [2.75, 3.05) is 0 Å². The number of carbonyl (C=O) groups excluding carboxylic acids is 1. The van der Waals surface area contributed by atoms with Gasteiger partial charge in [0.1, 0.15) is 0 Å². The number of ketones is 1. The molecule has 0 bridgehead atoms. The van der Waals surface area contributed by atoms with Gasteiger partial charge in [-0.15, -0.1) is 0 Å². The van der Waals surface area contributed by atoms with Gasteiger partial charge in [-0.25, -0.2) is 0 Å². The smallest absolute Gasteiger partial charge is 0.163 e. The first kappa shape index (κ1) is 6.89. The lowest BCUT2D eigenvalue weighted by Crippen LogP contribution is -1.90. The van der Waals surface area contributed by atoms with Crippen molar-refractivity contribution < 1.29 is 4.79 Å². The number of H-pyrrole nitrogens is 1. The van der Waals surface area contributed by atoms with Crippen molar-refractivity contribution in [1.82, 2.24) is 4.98 Å². The Labute approximate surface area is 75.6 Å². The maximum absolute atomic E-state index is 11.4. The van der Waals surface area contributed by atoms with E-state index >= 15 is 0 Å². The van der Waals surface area contributed by atoms with Crippen molar-refractivity contribution in [2.45, 2.75) is 12.8 Å². The molecular formula is C11H9NO. The van der Waals surface area contributed by atoms with Crippen molar-refractivity contribution in [3.05, 3.63) is 35.5 Å². The molecule has 0 saturated carbocycles. The van der Waals surface area contributed by atoms with E-state index in [1.807, 2.05) is 24.4 Å². The van der Waals surface area contributed by atoms with Gasteiger partial charge in [0.25, 0.3) is 0 Å². The molecule has 1 aliphatic rings. The van der Waals surface area contributed by atoms with Crippen molar-refractivity contribution in [3.63, 3.8) is 0 Å². The second kappa shape index (κ2) is 2.22. The van der Waals surface area contributed by atoms with Crippen molar-refractivity contribution in [2.24, 2.45) is 0 Å². The first-order valence-electron chi connectivity index (χ1n) is 4.48. The van der Waals surface area contributed by atoms with Crippen molar-refractivity contribution in [1.29, 1.82) is 0 Å².